The minimum Gasteiger partial charge on any atom is -0.478 e. The monoisotopic (exact) mass is 200 g/mol. The second kappa shape index (κ2) is 3.62. The summed E-state index contributed by atoms with van der Waals surface area (Å²) in [6, 6.07) is 1.43. The first-order valence-corrected chi connectivity index (χ1v) is 4.12. The molecule has 0 aliphatic carbocycles. The number of nitrogens with zero attached hydrogens (tertiary/aromatic N) is 1. The van der Waals surface area contributed by atoms with Crippen molar-refractivity contribution < 1.29 is 9.90 Å². The molecule has 70 valence electrons. The Bertz CT molecular complexity index is 352. The number of halogens is 1. The number of aromatic nitrogens is 1. The minimum atomic E-state index is -1.09. The molecule has 0 fully saturated rings. The highest BCUT2D eigenvalue weighted by molar-refractivity contribution is 6.32. The molecule has 0 atom stereocenters. The van der Waals surface area contributed by atoms with E-state index >= 15 is 0 Å². The van der Waals surface area contributed by atoms with Crippen LogP contribution in [0.4, 0.5) is 5.69 Å². The van der Waals surface area contributed by atoms with Gasteiger partial charge < -0.3 is 10.8 Å². The van der Waals surface area contributed by atoms with E-state index in [-0.39, 0.29) is 16.4 Å². The molecule has 13 heavy (non-hydrogen) atoms. The Kier molecular flexibility index (Phi) is 2.72. The van der Waals surface area contributed by atoms with Crippen LogP contribution in [0.25, 0.3) is 0 Å². The van der Waals surface area contributed by atoms with Crippen molar-refractivity contribution in [2.75, 3.05) is 5.73 Å². The molecule has 0 unspecified atom stereocenters. The van der Waals surface area contributed by atoms with E-state index in [2.05, 4.69) is 4.98 Å². The fraction of sp³-hybridized carbons (Fsp3) is 0.250. The number of aryl methyl sites for hydroxylation is 1. The Morgan fingerprint density at radius 2 is 2.38 bits per heavy atom. The summed E-state index contributed by atoms with van der Waals surface area (Å²) in [5.74, 6) is -1.09. The summed E-state index contributed by atoms with van der Waals surface area (Å²) in [6.07, 6.45) is 0.625. The third kappa shape index (κ3) is 1.89. The second-order valence-electron chi connectivity index (χ2n) is 2.52. The lowest BCUT2D eigenvalue weighted by molar-refractivity contribution is 0.0698. The molecular formula is C8H9ClN2O2. The van der Waals surface area contributed by atoms with Crippen LogP contribution in [0.2, 0.25) is 5.15 Å². The Morgan fingerprint density at radius 3 is 2.85 bits per heavy atom. The highest BCUT2D eigenvalue weighted by Crippen LogP contribution is 2.21. The second-order valence-corrected chi connectivity index (χ2v) is 2.88. The van der Waals surface area contributed by atoms with Crippen molar-refractivity contribution in [3.63, 3.8) is 0 Å². The van der Waals surface area contributed by atoms with E-state index in [0.717, 1.165) is 0 Å². The fourth-order valence-corrected chi connectivity index (χ4v) is 1.14. The van der Waals surface area contributed by atoms with Gasteiger partial charge in [0.05, 0.1) is 11.3 Å². The Labute approximate surface area is 80.3 Å². The summed E-state index contributed by atoms with van der Waals surface area (Å²) >= 11 is 5.64. The lowest BCUT2D eigenvalue weighted by Crippen LogP contribution is -2.06. The van der Waals surface area contributed by atoms with Crippen molar-refractivity contribution in [3.05, 3.63) is 22.5 Å². The predicted molar refractivity (Wildman–Crippen MR) is 50.0 cm³/mol. The van der Waals surface area contributed by atoms with Crippen LogP contribution in [0.3, 0.4) is 0 Å². The average molecular weight is 201 g/mol. The van der Waals surface area contributed by atoms with E-state index in [4.69, 9.17) is 22.4 Å². The van der Waals surface area contributed by atoms with E-state index in [1.807, 2.05) is 6.92 Å². The van der Waals surface area contributed by atoms with Gasteiger partial charge in [0.25, 0.3) is 0 Å². The molecule has 0 aromatic carbocycles. The van der Waals surface area contributed by atoms with Crippen LogP contribution in [0, 0.1) is 0 Å². The van der Waals surface area contributed by atoms with Crippen molar-refractivity contribution in [1.29, 1.82) is 0 Å². The van der Waals surface area contributed by atoms with Gasteiger partial charge in [-0.05, 0) is 12.5 Å². The Morgan fingerprint density at radius 1 is 1.77 bits per heavy atom. The number of carbonyl (C=O) groups is 1. The summed E-state index contributed by atoms with van der Waals surface area (Å²) in [4.78, 5) is 14.6. The first kappa shape index (κ1) is 9.80. The van der Waals surface area contributed by atoms with Crippen LogP contribution >= 0.6 is 11.6 Å². The van der Waals surface area contributed by atoms with E-state index in [9.17, 15) is 4.79 Å². The largest absolute Gasteiger partial charge is 0.478 e. The number of nitrogen functional groups attached to an aromatic ring is 1. The SMILES string of the molecule is CCc1cc(C(=O)O)c(N)c(Cl)n1. The number of rotatable bonds is 2. The maximum atomic E-state index is 10.7. The van der Waals surface area contributed by atoms with Gasteiger partial charge in [0.2, 0.25) is 0 Å². The van der Waals surface area contributed by atoms with Gasteiger partial charge >= 0.3 is 5.97 Å². The molecule has 5 heteroatoms. The molecule has 0 aliphatic heterocycles. The Hall–Kier alpha value is -1.29. The zero-order valence-corrected chi connectivity index (χ0v) is 7.80. The predicted octanol–water partition coefficient (Wildman–Crippen LogP) is 1.58. The lowest BCUT2D eigenvalue weighted by atomic mass is 10.2. The molecule has 1 heterocycles. The number of hydrogen-bond donors (Lipinski definition) is 2. The molecule has 0 saturated carbocycles. The standard InChI is InChI=1S/C8H9ClN2O2/c1-2-4-3-5(8(12)13)6(10)7(9)11-4/h3H,2,10H2,1H3,(H,12,13). The van der Waals surface area contributed by atoms with Gasteiger partial charge in [-0.25, -0.2) is 9.78 Å². The van der Waals surface area contributed by atoms with Crippen molar-refractivity contribution in [2.24, 2.45) is 0 Å². The van der Waals surface area contributed by atoms with Gasteiger partial charge in [-0.15, -0.1) is 0 Å². The van der Waals surface area contributed by atoms with Gasteiger partial charge in [-0.1, -0.05) is 18.5 Å². The number of hydrogen-bond acceptors (Lipinski definition) is 3. The van der Waals surface area contributed by atoms with Crippen LogP contribution in [0.5, 0.6) is 0 Å². The fourth-order valence-electron chi connectivity index (χ4n) is 0.932. The van der Waals surface area contributed by atoms with E-state index in [0.29, 0.717) is 12.1 Å². The molecule has 0 saturated heterocycles. The maximum Gasteiger partial charge on any atom is 0.337 e. The third-order valence-electron chi connectivity index (χ3n) is 1.66. The zero-order valence-electron chi connectivity index (χ0n) is 7.04. The quantitative estimate of drug-likeness (QED) is 0.711. The number of anilines is 1. The minimum absolute atomic E-state index is 0.0110. The number of pyridine rings is 1. The smallest absolute Gasteiger partial charge is 0.337 e. The third-order valence-corrected chi connectivity index (χ3v) is 1.95. The van der Waals surface area contributed by atoms with Crippen LogP contribution < -0.4 is 5.73 Å². The number of carboxylic acid groups (broad SMARTS) is 1. The van der Waals surface area contributed by atoms with Crippen molar-refractivity contribution in [2.45, 2.75) is 13.3 Å². The maximum absolute atomic E-state index is 10.7. The highest BCUT2D eigenvalue weighted by Gasteiger charge is 2.12. The van der Waals surface area contributed by atoms with Gasteiger partial charge in [-0.2, -0.15) is 0 Å². The molecule has 0 spiro atoms. The van der Waals surface area contributed by atoms with Gasteiger partial charge in [0.15, 0.2) is 5.15 Å². The van der Waals surface area contributed by atoms with Gasteiger partial charge in [0.1, 0.15) is 0 Å². The summed E-state index contributed by atoms with van der Waals surface area (Å²) < 4.78 is 0. The van der Waals surface area contributed by atoms with Crippen molar-refractivity contribution in [1.82, 2.24) is 4.98 Å². The van der Waals surface area contributed by atoms with Crippen LogP contribution in [0.15, 0.2) is 6.07 Å². The summed E-state index contributed by atoms with van der Waals surface area (Å²) in [6.45, 7) is 1.86. The highest BCUT2D eigenvalue weighted by atomic mass is 35.5. The van der Waals surface area contributed by atoms with Crippen molar-refractivity contribution in [3.8, 4) is 0 Å². The molecule has 0 radical (unpaired) electrons. The number of carboxylic acids is 1. The molecule has 3 N–H and O–H groups in total. The molecular weight excluding hydrogens is 192 g/mol. The number of nitrogens with two attached hydrogens (primary N) is 1. The zero-order chi connectivity index (χ0) is 10.0. The van der Waals surface area contributed by atoms with Gasteiger partial charge in [0, 0.05) is 5.69 Å². The number of aromatic carboxylic acids is 1. The molecule has 4 nitrogen and oxygen atoms in total. The molecule has 1 aromatic rings. The molecule has 1 aromatic heterocycles. The van der Waals surface area contributed by atoms with E-state index < -0.39 is 5.97 Å². The summed E-state index contributed by atoms with van der Waals surface area (Å²) in [5, 5.41) is 8.80. The average Bonchev–Trinajstić information content (AvgIpc) is 2.09. The first-order valence-electron chi connectivity index (χ1n) is 3.74. The lowest BCUT2D eigenvalue weighted by Gasteiger charge is -2.04. The molecule has 0 bridgehead atoms. The van der Waals surface area contributed by atoms with Crippen LogP contribution in [-0.2, 0) is 6.42 Å². The summed E-state index contributed by atoms with van der Waals surface area (Å²) in [5.41, 5.74) is 6.08. The normalized spacial score (nSPS) is 10.0. The molecule has 0 aliphatic rings. The van der Waals surface area contributed by atoms with Gasteiger partial charge in [-0.3, -0.25) is 0 Å². The van der Waals surface area contributed by atoms with E-state index in [1.54, 1.807) is 0 Å². The molecule has 0 amide bonds. The van der Waals surface area contributed by atoms with E-state index in [1.165, 1.54) is 6.07 Å². The Balaban J connectivity index is 3.33. The summed E-state index contributed by atoms with van der Waals surface area (Å²) in [7, 11) is 0. The van der Waals surface area contributed by atoms with Crippen molar-refractivity contribution >= 4 is 23.3 Å². The molecule has 1 rings (SSSR count). The topological polar surface area (TPSA) is 76.2 Å². The van der Waals surface area contributed by atoms with Crippen LogP contribution in [-0.4, -0.2) is 16.1 Å². The van der Waals surface area contributed by atoms with Crippen LogP contribution in [0.1, 0.15) is 23.0 Å². The first-order chi connectivity index (χ1) is 6.06.